The van der Waals surface area contributed by atoms with E-state index in [2.05, 4.69) is 10.1 Å². The average Bonchev–Trinajstić information content (AvgIpc) is 2.59. The third-order valence-corrected chi connectivity index (χ3v) is 3.83. The highest BCUT2D eigenvalue weighted by Crippen LogP contribution is 2.27. The van der Waals surface area contributed by atoms with Crippen molar-refractivity contribution >= 4 is 5.91 Å². The van der Waals surface area contributed by atoms with Gasteiger partial charge >= 0.3 is 6.36 Å². The maximum atomic E-state index is 14.0. The van der Waals surface area contributed by atoms with E-state index < -0.39 is 29.4 Å². The van der Waals surface area contributed by atoms with Crippen molar-refractivity contribution in [2.75, 3.05) is 13.7 Å². The molecule has 0 aromatic heterocycles. The fourth-order valence-electron chi connectivity index (χ4n) is 2.33. The van der Waals surface area contributed by atoms with Crippen molar-refractivity contribution in [3.8, 4) is 5.75 Å². The van der Waals surface area contributed by atoms with Crippen LogP contribution < -0.4 is 10.1 Å². The molecule has 0 aliphatic rings. The second kappa shape index (κ2) is 7.74. The maximum absolute atomic E-state index is 14.0. The zero-order valence-corrected chi connectivity index (χ0v) is 14.1. The first-order chi connectivity index (χ1) is 12.1. The molecule has 8 heteroatoms. The summed E-state index contributed by atoms with van der Waals surface area (Å²) in [6.45, 7) is 1.58. The first-order valence-corrected chi connectivity index (χ1v) is 7.59. The van der Waals surface area contributed by atoms with Gasteiger partial charge in [0.05, 0.1) is 6.54 Å². The number of carbonyl (C=O) groups is 1. The lowest BCUT2D eigenvalue weighted by molar-refractivity contribution is -0.274. The van der Waals surface area contributed by atoms with Crippen LogP contribution in [0.15, 0.2) is 48.5 Å². The molecule has 0 radical (unpaired) electrons. The topological polar surface area (TPSA) is 47.6 Å². The number of halogens is 4. The molecule has 4 nitrogen and oxygen atoms in total. The normalized spacial score (nSPS) is 13.8. The molecule has 0 saturated heterocycles. The molecule has 0 fully saturated rings. The van der Waals surface area contributed by atoms with Crippen LogP contribution in [-0.4, -0.2) is 25.9 Å². The Labute approximate surface area is 147 Å². The summed E-state index contributed by atoms with van der Waals surface area (Å²) in [5.41, 5.74) is -0.705. The van der Waals surface area contributed by atoms with Gasteiger partial charge in [0.1, 0.15) is 17.2 Å². The number of carbonyl (C=O) groups excluding carboxylic acids is 1. The van der Waals surface area contributed by atoms with Crippen LogP contribution in [0.3, 0.4) is 0 Å². The Hall–Kier alpha value is -2.61. The standard InChI is InChI=1S/C18H17F4NO3/c1-17(25-2,14-5-3-4-6-15(14)19)11-23-16(24)12-7-9-13(10-8-12)26-18(20,21)22/h3-10H,11H2,1-2H3,(H,23,24)/t17-/m0/s1. The number of amides is 1. The smallest absolute Gasteiger partial charge is 0.406 e. The van der Waals surface area contributed by atoms with Crippen molar-refractivity contribution in [2.24, 2.45) is 0 Å². The van der Waals surface area contributed by atoms with E-state index in [1.807, 2.05) is 0 Å². The Morgan fingerprint density at radius 2 is 1.69 bits per heavy atom. The van der Waals surface area contributed by atoms with Gasteiger partial charge in [-0.1, -0.05) is 18.2 Å². The van der Waals surface area contributed by atoms with E-state index in [4.69, 9.17) is 4.74 Å². The van der Waals surface area contributed by atoms with E-state index in [-0.39, 0.29) is 17.7 Å². The molecule has 0 bridgehead atoms. The molecule has 0 aliphatic heterocycles. The minimum absolute atomic E-state index is 0.0376. The summed E-state index contributed by atoms with van der Waals surface area (Å²) in [5, 5.41) is 2.59. The van der Waals surface area contributed by atoms with Crippen molar-refractivity contribution < 1.29 is 31.8 Å². The number of hydrogen-bond donors (Lipinski definition) is 1. The van der Waals surface area contributed by atoms with Gasteiger partial charge in [-0.2, -0.15) is 0 Å². The summed E-state index contributed by atoms with van der Waals surface area (Å²) in [7, 11) is 1.39. The minimum atomic E-state index is -4.80. The van der Waals surface area contributed by atoms with E-state index in [0.29, 0.717) is 0 Å². The molecular weight excluding hydrogens is 354 g/mol. The van der Waals surface area contributed by atoms with Gasteiger partial charge in [0.25, 0.3) is 5.91 Å². The van der Waals surface area contributed by atoms with Gasteiger partial charge in [0, 0.05) is 18.2 Å². The summed E-state index contributed by atoms with van der Waals surface area (Å²) in [5.74, 6) is -1.44. The van der Waals surface area contributed by atoms with E-state index in [9.17, 15) is 22.4 Å². The zero-order valence-electron chi connectivity index (χ0n) is 14.1. The van der Waals surface area contributed by atoms with Crippen LogP contribution in [0.1, 0.15) is 22.8 Å². The van der Waals surface area contributed by atoms with Crippen LogP contribution in [-0.2, 0) is 10.3 Å². The lowest BCUT2D eigenvalue weighted by atomic mass is 9.95. The van der Waals surface area contributed by atoms with E-state index in [1.54, 1.807) is 19.1 Å². The molecule has 140 valence electrons. The molecule has 2 aromatic rings. The quantitative estimate of drug-likeness (QED) is 0.781. The number of ether oxygens (including phenoxy) is 2. The maximum Gasteiger partial charge on any atom is 0.573 e. The van der Waals surface area contributed by atoms with Crippen LogP contribution in [0.25, 0.3) is 0 Å². The minimum Gasteiger partial charge on any atom is -0.406 e. The Morgan fingerprint density at radius 3 is 2.23 bits per heavy atom. The Balaban J connectivity index is 2.06. The predicted molar refractivity (Wildman–Crippen MR) is 86.2 cm³/mol. The second-order valence-electron chi connectivity index (χ2n) is 5.67. The zero-order chi connectivity index (χ0) is 19.4. The van der Waals surface area contributed by atoms with Crippen molar-refractivity contribution in [2.45, 2.75) is 18.9 Å². The molecule has 0 saturated carbocycles. The molecule has 26 heavy (non-hydrogen) atoms. The van der Waals surface area contributed by atoms with Crippen molar-refractivity contribution in [3.05, 3.63) is 65.5 Å². The molecule has 2 aromatic carbocycles. The highest BCUT2D eigenvalue weighted by molar-refractivity contribution is 5.94. The van der Waals surface area contributed by atoms with Crippen LogP contribution in [0, 0.1) is 5.82 Å². The molecule has 0 heterocycles. The monoisotopic (exact) mass is 371 g/mol. The van der Waals surface area contributed by atoms with E-state index >= 15 is 0 Å². The molecule has 1 atom stereocenters. The van der Waals surface area contributed by atoms with Crippen LogP contribution in [0.5, 0.6) is 5.75 Å². The molecular formula is C18H17F4NO3. The Morgan fingerprint density at radius 1 is 1.08 bits per heavy atom. The number of rotatable bonds is 6. The van der Waals surface area contributed by atoms with Crippen LogP contribution in [0.4, 0.5) is 17.6 Å². The summed E-state index contributed by atoms with van der Waals surface area (Å²) in [4.78, 5) is 12.2. The van der Waals surface area contributed by atoms with Crippen molar-refractivity contribution in [1.29, 1.82) is 0 Å². The van der Waals surface area contributed by atoms with Gasteiger partial charge in [-0.3, -0.25) is 4.79 Å². The van der Waals surface area contributed by atoms with Gasteiger partial charge in [-0.25, -0.2) is 4.39 Å². The highest BCUT2D eigenvalue weighted by Gasteiger charge is 2.31. The van der Waals surface area contributed by atoms with Gasteiger partial charge < -0.3 is 14.8 Å². The number of methoxy groups -OCH3 is 1. The van der Waals surface area contributed by atoms with E-state index in [1.165, 1.54) is 31.4 Å². The van der Waals surface area contributed by atoms with Gasteiger partial charge in [0.2, 0.25) is 0 Å². The number of nitrogens with one attached hydrogen (secondary N) is 1. The van der Waals surface area contributed by atoms with Gasteiger partial charge in [0.15, 0.2) is 0 Å². The molecule has 2 rings (SSSR count). The first-order valence-electron chi connectivity index (χ1n) is 7.59. The molecule has 1 N–H and O–H groups in total. The largest absolute Gasteiger partial charge is 0.573 e. The third-order valence-electron chi connectivity index (χ3n) is 3.83. The second-order valence-corrected chi connectivity index (χ2v) is 5.67. The predicted octanol–water partition coefficient (Wildman–Crippen LogP) is 4.02. The number of benzene rings is 2. The van der Waals surface area contributed by atoms with Crippen LogP contribution >= 0.6 is 0 Å². The highest BCUT2D eigenvalue weighted by atomic mass is 19.4. The Kier molecular flexibility index (Phi) is 5.86. The summed E-state index contributed by atoms with van der Waals surface area (Å²) in [6, 6.07) is 10.5. The first kappa shape index (κ1) is 19.7. The summed E-state index contributed by atoms with van der Waals surface area (Å²) < 4.78 is 59.5. The number of hydrogen-bond acceptors (Lipinski definition) is 3. The third kappa shape index (κ3) is 4.95. The van der Waals surface area contributed by atoms with Gasteiger partial charge in [-0.15, -0.1) is 13.2 Å². The summed E-state index contributed by atoms with van der Waals surface area (Å²) >= 11 is 0. The van der Waals surface area contributed by atoms with Crippen molar-refractivity contribution in [3.63, 3.8) is 0 Å². The fraction of sp³-hybridized carbons (Fsp3) is 0.278. The van der Waals surface area contributed by atoms with Crippen molar-refractivity contribution in [1.82, 2.24) is 5.32 Å². The molecule has 1 amide bonds. The van der Waals surface area contributed by atoms with Crippen LogP contribution in [0.2, 0.25) is 0 Å². The Bertz CT molecular complexity index is 762. The van der Waals surface area contributed by atoms with E-state index in [0.717, 1.165) is 12.1 Å². The molecule has 0 spiro atoms. The SMILES string of the molecule is CO[C@@](C)(CNC(=O)c1ccc(OC(F)(F)F)cc1)c1ccccc1F. The van der Waals surface area contributed by atoms with Gasteiger partial charge in [-0.05, 0) is 37.3 Å². The summed E-state index contributed by atoms with van der Waals surface area (Å²) in [6.07, 6.45) is -4.80. The molecule has 0 unspecified atom stereocenters. The fourth-order valence-corrected chi connectivity index (χ4v) is 2.33. The number of alkyl halides is 3. The lowest BCUT2D eigenvalue weighted by Gasteiger charge is -2.29. The molecule has 0 aliphatic carbocycles. The lowest BCUT2D eigenvalue weighted by Crippen LogP contribution is -2.40. The average molecular weight is 371 g/mol.